The van der Waals surface area contributed by atoms with Crippen molar-refractivity contribution in [1.29, 1.82) is 0 Å². The van der Waals surface area contributed by atoms with Crippen LogP contribution in [0.3, 0.4) is 0 Å². The van der Waals surface area contributed by atoms with Crippen molar-refractivity contribution in [1.82, 2.24) is 9.62 Å². The van der Waals surface area contributed by atoms with Crippen LogP contribution in [0.25, 0.3) is 0 Å². The predicted molar refractivity (Wildman–Crippen MR) is 81.6 cm³/mol. The molecule has 1 aliphatic rings. The van der Waals surface area contributed by atoms with Gasteiger partial charge in [-0.2, -0.15) is 0 Å². The number of hydrogen-bond acceptors (Lipinski definition) is 4. The van der Waals surface area contributed by atoms with Gasteiger partial charge >= 0.3 is 0 Å². The Hall–Kier alpha value is -1.44. The summed E-state index contributed by atoms with van der Waals surface area (Å²) in [5.74, 6) is -0.186. The van der Waals surface area contributed by atoms with Crippen LogP contribution >= 0.6 is 0 Å². The van der Waals surface area contributed by atoms with E-state index in [0.29, 0.717) is 12.2 Å². The average molecular weight is 311 g/mol. The molecule has 0 atom stereocenters. The van der Waals surface area contributed by atoms with Crippen molar-refractivity contribution >= 4 is 21.6 Å². The van der Waals surface area contributed by atoms with E-state index < -0.39 is 10.0 Å². The molecule has 0 unspecified atom stereocenters. The Labute approximate surface area is 125 Å². The second kappa shape index (κ2) is 7.02. The Morgan fingerprint density at radius 1 is 1.19 bits per heavy atom. The third-order valence-corrected chi connectivity index (χ3v) is 4.88. The molecule has 1 fully saturated rings. The number of hydrogen-bond donors (Lipinski definition) is 2. The molecule has 1 heterocycles. The maximum Gasteiger partial charge on any atom is 0.240 e. The Morgan fingerprint density at radius 2 is 1.81 bits per heavy atom. The van der Waals surface area contributed by atoms with Gasteiger partial charge in [0, 0.05) is 25.7 Å². The molecule has 6 nitrogen and oxygen atoms in total. The molecular formula is C14H21N3O3S. The number of nitrogens with zero attached hydrogens (tertiary/aromatic N) is 1. The van der Waals surface area contributed by atoms with E-state index in [-0.39, 0.29) is 10.8 Å². The lowest BCUT2D eigenvalue weighted by atomic mass is 10.3. The summed E-state index contributed by atoms with van der Waals surface area (Å²) >= 11 is 0. The summed E-state index contributed by atoms with van der Waals surface area (Å²) < 4.78 is 26.9. The summed E-state index contributed by atoms with van der Waals surface area (Å²) in [6.45, 7) is 4.66. The van der Waals surface area contributed by atoms with Crippen LogP contribution in [-0.2, 0) is 14.8 Å². The lowest BCUT2D eigenvalue weighted by Crippen LogP contribution is -2.33. The minimum absolute atomic E-state index is 0.186. The van der Waals surface area contributed by atoms with Crippen LogP contribution in [0.15, 0.2) is 29.2 Å². The van der Waals surface area contributed by atoms with Gasteiger partial charge in [-0.1, -0.05) is 0 Å². The van der Waals surface area contributed by atoms with Crippen molar-refractivity contribution in [3.8, 4) is 0 Å². The normalized spacial score (nSPS) is 16.0. The number of nitrogens with one attached hydrogen (secondary N) is 2. The van der Waals surface area contributed by atoms with Crippen LogP contribution in [0.1, 0.15) is 19.8 Å². The zero-order valence-corrected chi connectivity index (χ0v) is 12.9. The zero-order chi connectivity index (χ0) is 15.3. The molecule has 2 rings (SSSR count). The first-order valence-electron chi connectivity index (χ1n) is 7.07. The fourth-order valence-electron chi connectivity index (χ4n) is 2.35. The molecule has 0 radical (unpaired) electrons. The number of sulfonamides is 1. The van der Waals surface area contributed by atoms with Crippen molar-refractivity contribution in [3.05, 3.63) is 24.3 Å². The SMILES string of the molecule is CC(=O)Nc1ccc(S(=O)(=O)NCCN2CCCC2)cc1. The molecule has 0 saturated carbocycles. The van der Waals surface area contributed by atoms with Gasteiger partial charge in [-0.15, -0.1) is 0 Å². The average Bonchev–Trinajstić information content (AvgIpc) is 2.91. The first kappa shape index (κ1) is 15.9. The number of likely N-dealkylation sites (tertiary alicyclic amines) is 1. The highest BCUT2D eigenvalue weighted by Crippen LogP contribution is 2.14. The van der Waals surface area contributed by atoms with Crippen molar-refractivity contribution < 1.29 is 13.2 Å². The van der Waals surface area contributed by atoms with E-state index in [9.17, 15) is 13.2 Å². The number of anilines is 1. The fraction of sp³-hybridized carbons (Fsp3) is 0.500. The van der Waals surface area contributed by atoms with Gasteiger partial charge in [0.25, 0.3) is 0 Å². The highest BCUT2D eigenvalue weighted by atomic mass is 32.2. The Morgan fingerprint density at radius 3 is 2.38 bits per heavy atom. The molecule has 116 valence electrons. The summed E-state index contributed by atoms with van der Waals surface area (Å²) in [6.07, 6.45) is 2.38. The van der Waals surface area contributed by atoms with Gasteiger partial charge in [0.1, 0.15) is 0 Å². The molecule has 1 aromatic carbocycles. The van der Waals surface area contributed by atoms with E-state index in [2.05, 4.69) is 14.9 Å². The topological polar surface area (TPSA) is 78.5 Å². The molecule has 0 aromatic heterocycles. The molecule has 21 heavy (non-hydrogen) atoms. The summed E-state index contributed by atoms with van der Waals surface area (Å²) in [6, 6.07) is 6.14. The van der Waals surface area contributed by atoms with E-state index in [1.807, 2.05) is 0 Å². The molecule has 1 aromatic rings. The molecule has 0 spiro atoms. The zero-order valence-electron chi connectivity index (χ0n) is 12.1. The molecular weight excluding hydrogens is 290 g/mol. The van der Waals surface area contributed by atoms with Crippen LogP contribution in [0.4, 0.5) is 5.69 Å². The van der Waals surface area contributed by atoms with Crippen LogP contribution in [0.5, 0.6) is 0 Å². The molecule has 2 N–H and O–H groups in total. The van der Waals surface area contributed by atoms with Gasteiger partial charge in [0.05, 0.1) is 4.90 Å². The second-order valence-electron chi connectivity index (χ2n) is 5.15. The van der Waals surface area contributed by atoms with E-state index >= 15 is 0 Å². The van der Waals surface area contributed by atoms with Crippen molar-refractivity contribution in [2.24, 2.45) is 0 Å². The van der Waals surface area contributed by atoms with Gasteiger partial charge < -0.3 is 10.2 Å². The Kier molecular flexibility index (Phi) is 5.33. The molecule has 0 aliphatic carbocycles. The second-order valence-corrected chi connectivity index (χ2v) is 6.92. The number of amides is 1. The maximum absolute atomic E-state index is 12.1. The predicted octanol–water partition coefficient (Wildman–Crippen LogP) is 1.02. The highest BCUT2D eigenvalue weighted by Gasteiger charge is 2.15. The highest BCUT2D eigenvalue weighted by molar-refractivity contribution is 7.89. The summed E-state index contributed by atoms with van der Waals surface area (Å²) in [5, 5.41) is 2.60. The molecule has 7 heteroatoms. The van der Waals surface area contributed by atoms with Gasteiger partial charge in [-0.3, -0.25) is 4.79 Å². The van der Waals surface area contributed by atoms with Gasteiger partial charge in [0.15, 0.2) is 0 Å². The molecule has 1 saturated heterocycles. The van der Waals surface area contributed by atoms with Crippen LogP contribution < -0.4 is 10.0 Å². The van der Waals surface area contributed by atoms with Crippen LogP contribution in [0.2, 0.25) is 0 Å². The number of carbonyl (C=O) groups is 1. The quantitative estimate of drug-likeness (QED) is 0.822. The van der Waals surface area contributed by atoms with Gasteiger partial charge in [-0.05, 0) is 50.2 Å². The number of benzene rings is 1. The van der Waals surface area contributed by atoms with E-state index in [0.717, 1.165) is 19.6 Å². The van der Waals surface area contributed by atoms with E-state index in [1.165, 1.54) is 31.9 Å². The number of rotatable bonds is 6. The third-order valence-electron chi connectivity index (χ3n) is 3.40. The van der Waals surface area contributed by atoms with Crippen molar-refractivity contribution in [2.75, 3.05) is 31.5 Å². The standard InChI is InChI=1S/C14H21N3O3S/c1-12(18)16-13-4-6-14(7-5-13)21(19,20)15-8-11-17-9-2-3-10-17/h4-7,15H,2-3,8-11H2,1H3,(H,16,18). The summed E-state index contributed by atoms with van der Waals surface area (Å²) in [7, 11) is -3.49. The maximum atomic E-state index is 12.1. The van der Waals surface area contributed by atoms with Gasteiger partial charge in [-0.25, -0.2) is 13.1 Å². The minimum atomic E-state index is -3.49. The van der Waals surface area contributed by atoms with E-state index in [4.69, 9.17) is 0 Å². The first-order valence-corrected chi connectivity index (χ1v) is 8.55. The summed E-state index contributed by atoms with van der Waals surface area (Å²) in [5.41, 5.74) is 0.582. The van der Waals surface area contributed by atoms with Crippen molar-refractivity contribution in [3.63, 3.8) is 0 Å². The molecule has 1 amide bonds. The van der Waals surface area contributed by atoms with E-state index in [1.54, 1.807) is 12.1 Å². The Balaban J connectivity index is 1.90. The van der Waals surface area contributed by atoms with Gasteiger partial charge in [0.2, 0.25) is 15.9 Å². The Bertz CT molecular complexity index is 578. The van der Waals surface area contributed by atoms with Crippen LogP contribution in [0, 0.1) is 0 Å². The summed E-state index contributed by atoms with van der Waals surface area (Å²) in [4.78, 5) is 13.4. The van der Waals surface area contributed by atoms with Crippen LogP contribution in [-0.4, -0.2) is 45.4 Å². The molecule has 1 aliphatic heterocycles. The largest absolute Gasteiger partial charge is 0.326 e. The lowest BCUT2D eigenvalue weighted by Gasteiger charge is -2.15. The minimum Gasteiger partial charge on any atom is -0.326 e. The molecule has 0 bridgehead atoms. The van der Waals surface area contributed by atoms with Crippen molar-refractivity contribution in [2.45, 2.75) is 24.7 Å². The lowest BCUT2D eigenvalue weighted by molar-refractivity contribution is -0.114. The first-order chi connectivity index (χ1) is 9.97. The smallest absolute Gasteiger partial charge is 0.240 e. The fourth-order valence-corrected chi connectivity index (χ4v) is 3.37. The number of carbonyl (C=O) groups excluding carboxylic acids is 1. The monoisotopic (exact) mass is 311 g/mol. The third kappa shape index (κ3) is 4.80.